The van der Waals surface area contributed by atoms with Gasteiger partial charge < -0.3 is 19.7 Å². The summed E-state index contributed by atoms with van der Waals surface area (Å²) in [4.78, 5) is 34.0. The monoisotopic (exact) mass is 348 g/mol. The topological polar surface area (TPSA) is 93.7 Å². The number of amides is 1. The third-order valence-electron chi connectivity index (χ3n) is 4.52. The third kappa shape index (κ3) is 3.67. The SMILES string of the molecule is COC(=O)c1cnc(NC2CC3CCC2N3C(=O)OC(C)(C)C)cn1. The summed E-state index contributed by atoms with van der Waals surface area (Å²) in [6.07, 6.45) is 5.42. The van der Waals surface area contributed by atoms with E-state index in [9.17, 15) is 9.59 Å². The van der Waals surface area contributed by atoms with Crippen molar-refractivity contribution in [2.75, 3.05) is 12.4 Å². The lowest BCUT2D eigenvalue weighted by molar-refractivity contribution is 0.0214. The minimum atomic E-state index is -0.518. The van der Waals surface area contributed by atoms with Crippen molar-refractivity contribution in [1.82, 2.24) is 14.9 Å². The Bertz CT molecular complexity index is 656. The van der Waals surface area contributed by atoms with Gasteiger partial charge in [0.25, 0.3) is 0 Å². The van der Waals surface area contributed by atoms with Crippen LogP contribution in [-0.4, -0.2) is 57.8 Å². The molecule has 1 aromatic heterocycles. The summed E-state index contributed by atoms with van der Waals surface area (Å²) in [6.45, 7) is 5.62. The second-order valence-electron chi connectivity index (χ2n) is 7.45. The number of nitrogens with one attached hydrogen (secondary N) is 1. The molecule has 25 heavy (non-hydrogen) atoms. The van der Waals surface area contributed by atoms with E-state index < -0.39 is 11.6 Å². The Morgan fingerprint density at radius 2 is 2.00 bits per heavy atom. The number of aromatic nitrogens is 2. The van der Waals surface area contributed by atoms with Crippen molar-refractivity contribution in [3.8, 4) is 0 Å². The lowest BCUT2D eigenvalue weighted by Gasteiger charge is -2.28. The maximum absolute atomic E-state index is 12.5. The smallest absolute Gasteiger partial charge is 0.410 e. The van der Waals surface area contributed by atoms with Gasteiger partial charge in [-0.25, -0.2) is 19.6 Å². The van der Waals surface area contributed by atoms with E-state index in [-0.39, 0.29) is 29.9 Å². The summed E-state index contributed by atoms with van der Waals surface area (Å²) >= 11 is 0. The van der Waals surface area contributed by atoms with Crippen LogP contribution in [0.15, 0.2) is 12.4 Å². The minimum absolute atomic E-state index is 0.0851. The number of nitrogens with zero attached hydrogens (tertiary/aromatic N) is 3. The Labute approximate surface area is 146 Å². The average molecular weight is 348 g/mol. The molecule has 0 spiro atoms. The first-order valence-corrected chi connectivity index (χ1v) is 8.46. The van der Waals surface area contributed by atoms with Crippen molar-refractivity contribution in [3.05, 3.63) is 18.1 Å². The van der Waals surface area contributed by atoms with Gasteiger partial charge in [-0.3, -0.25) is 0 Å². The van der Waals surface area contributed by atoms with E-state index >= 15 is 0 Å². The van der Waals surface area contributed by atoms with Gasteiger partial charge in [0.15, 0.2) is 5.69 Å². The van der Waals surface area contributed by atoms with Crippen molar-refractivity contribution in [1.29, 1.82) is 0 Å². The second-order valence-corrected chi connectivity index (χ2v) is 7.45. The molecule has 3 rings (SSSR count). The van der Waals surface area contributed by atoms with Gasteiger partial charge in [-0.2, -0.15) is 0 Å². The first-order valence-electron chi connectivity index (χ1n) is 8.46. The lowest BCUT2D eigenvalue weighted by atomic mass is 9.95. The predicted octanol–water partition coefficient (Wildman–Crippen LogP) is 2.22. The predicted molar refractivity (Wildman–Crippen MR) is 90.3 cm³/mol. The standard InChI is InChI=1S/C17H24N4O4/c1-17(2,3)25-16(23)21-10-5-6-13(21)11(7-10)20-14-9-18-12(8-19-14)15(22)24-4/h8-11,13H,5-7H2,1-4H3,(H,19,20). The molecule has 136 valence electrons. The fraction of sp³-hybridized carbons (Fsp3) is 0.647. The molecule has 3 atom stereocenters. The van der Waals surface area contributed by atoms with Gasteiger partial charge in [0.05, 0.1) is 31.6 Å². The van der Waals surface area contributed by atoms with Gasteiger partial charge >= 0.3 is 12.1 Å². The van der Waals surface area contributed by atoms with E-state index in [0.717, 1.165) is 19.3 Å². The van der Waals surface area contributed by atoms with Crippen molar-refractivity contribution < 1.29 is 19.1 Å². The van der Waals surface area contributed by atoms with Gasteiger partial charge in [0.2, 0.25) is 0 Å². The highest BCUT2D eigenvalue weighted by molar-refractivity contribution is 5.86. The molecule has 2 aliphatic rings. The van der Waals surface area contributed by atoms with E-state index in [2.05, 4.69) is 20.0 Å². The second kappa shape index (κ2) is 6.50. The Kier molecular flexibility index (Phi) is 4.53. The zero-order chi connectivity index (χ0) is 18.2. The van der Waals surface area contributed by atoms with Crippen LogP contribution in [-0.2, 0) is 9.47 Å². The summed E-state index contributed by atoms with van der Waals surface area (Å²) in [7, 11) is 1.30. The van der Waals surface area contributed by atoms with E-state index in [4.69, 9.17) is 4.74 Å². The molecule has 0 radical (unpaired) electrons. The van der Waals surface area contributed by atoms with Gasteiger partial charge in [-0.05, 0) is 40.0 Å². The number of fused-ring (bicyclic) bond motifs is 2. The molecule has 2 fully saturated rings. The molecule has 0 saturated carbocycles. The fourth-order valence-corrected chi connectivity index (χ4v) is 3.55. The quantitative estimate of drug-likeness (QED) is 0.837. The van der Waals surface area contributed by atoms with Crippen LogP contribution in [0.3, 0.4) is 0 Å². The molecule has 1 N–H and O–H groups in total. The molecular formula is C17H24N4O4. The van der Waals surface area contributed by atoms with Crippen molar-refractivity contribution >= 4 is 17.9 Å². The molecule has 2 bridgehead atoms. The molecule has 0 aromatic carbocycles. The van der Waals surface area contributed by atoms with Gasteiger partial charge in [0, 0.05) is 6.04 Å². The highest BCUT2D eigenvalue weighted by Crippen LogP contribution is 2.39. The average Bonchev–Trinajstić information content (AvgIpc) is 3.11. The Balaban J connectivity index is 1.65. The molecule has 1 amide bonds. The van der Waals surface area contributed by atoms with Gasteiger partial charge in [-0.1, -0.05) is 0 Å². The minimum Gasteiger partial charge on any atom is -0.464 e. The summed E-state index contributed by atoms with van der Waals surface area (Å²) in [5.74, 6) is 0.0596. The maximum atomic E-state index is 12.5. The summed E-state index contributed by atoms with van der Waals surface area (Å²) in [6, 6.07) is 0.381. The Morgan fingerprint density at radius 3 is 2.60 bits per heavy atom. The molecule has 2 saturated heterocycles. The molecular weight excluding hydrogens is 324 g/mol. The normalized spacial score (nSPS) is 25.0. The maximum Gasteiger partial charge on any atom is 0.410 e. The van der Waals surface area contributed by atoms with Crippen LogP contribution in [0.4, 0.5) is 10.6 Å². The van der Waals surface area contributed by atoms with Crippen molar-refractivity contribution in [3.63, 3.8) is 0 Å². The van der Waals surface area contributed by atoms with Gasteiger partial charge in [-0.15, -0.1) is 0 Å². The molecule has 2 aliphatic heterocycles. The van der Waals surface area contributed by atoms with Crippen LogP contribution in [0.25, 0.3) is 0 Å². The van der Waals surface area contributed by atoms with Crippen LogP contribution < -0.4 is 5.32 Å². The van der Waals surface area contributed by atoms with E-state index in [1.807, 2.05) is 25.7 Å². The van der Waals surface area contributed by atoms with Crippen LogP contribution in [0, 0.1) is 0 Å². The zero-order valence-corrected chi connectivity index (χ0v) is 15.0. The third-order valence-corrected chi connectivity index (χ3v) is 4.52. The fourth-order valence-electron chi connectivity index (χ4n) is 3.55. The molecule has 0 aliphatic carbocycles. The number of hydrogen-bond acceptors (Lipinski definition) is 7. The number of methoxy groups -OCH3 is 1. The van der Waals surface area contributed by atoms with Crippen molar-refractivity contribution in [2.45, 2.75) is 63.8 Å². The van der Waals surface area contributed by atoms with Gasteiger partial charge in [0.1, 0.15) is 11.4 Å². The molecule has 8 heteroatoms. The molecule has 1 aromatic rings. The highest BCUT2D eigenvalue weighted by Gasteiger charge is 2.50. The first-order chi connectivity index (χ1) is 11.8. The Hall–Kier alpha value is -2.38. The number of carbonyl (C=O) groups excluding carboxylic acids is 2. The highest BCUT2D eigenvalue weighted by atomic mass is 16.6. The Morgan fingerprint density at radius 1 is 1.24 bits per heavy atom. The van der Waals surface area contributed by atoms with E-state index in [1.54, 1.807) is 0 Å². The van der Waals surface area contributed by atoms with Crippen LogP contribution in [0.2, 0.25) is 0 Å². The summed E-state index contributed by atoms with van der Waals surface area (Å²) in [5.41, 5.74) is -0.339. The first kappa shape index (κ1) is 17.4. The van der Waals surface area contributed by atoms with E-state index in [1.165, 1.54) is 19.5 Å². The van der Waals surface area contributed by atoms with E-state index in [0.29, 0.717) is 5.82 Å². The lowest BCUT2D eigenvalue weighted by Crippen LogP contribution is -2.42. The van der Waals surface area contributed by atoms with Crippen LogP contribution in [0.5, 0.6) is 0 Å². The summed E-state index contributed by atoms with van der Waals surface area (Å²) in [5, 5.41) is 3.33. The zero-order valence-electron chi connectivity index (χ0n) is 15.0. The number of ether oxygens (including phenoxy) is 2. The van der Waals surface area contributed by atoms with Crippen LogP contribution in [0.1, 0.15) is 50.5 Å². The number of carbonyl (C=O) groups is 2. The number of rotatable bonds is 3. The number of hydrogen-bond donors (Lipinski definition) is 1. The number of anilines is 1. The molecule has 8 nitrogen and oxygen atoms in total. The molecule has 3 heterocycles. The summed E-state index contributed by atoms with van der Waals surface area (Å²) < 4.78 is 10.1. The van der Waals surface area contributed by atoms with Crippen LogP contribution >= 0.6 is 0 Å². The largest absolute Gasteiger partial charge is 0.464 e. The molecule has 3 unspecified atom stereocenters. The number of esters is 1. The van der Waals surface area contributed by atoms with Crippen molar-refractivity contribution in [2.24, 2.45) is 0 Å².